The minimum atomic E-state index is -0.535. The standard InChI is InChI=1S/C14H27N3O2.HI/c1-3-15-13(16-11-14(18)6-4-7-14)17-8-5-12(9-17)10-19-2;/h12,18H,3-11H2,1-2H3,(H,15,16);1H. The lowest BCUT2D eigenvalue weighted by Gasteiger charge is -2.35. The maximum atomic E-state index is 10.1. The minimum absolute atomic E-state index is 0. The van der Waals surface area contributed by atoms with E-state index in [1.165, 1.54) is 0 Å². The van der Waals surface area contributed by atoms with Crippen LogP contribution in [0.25, 0.3) is 0 Å². The molecule has 1 saturated carbocycles. The van der Waals surface area contributed by atoms with Gasteiger partial charge in [-0.2, -0.15) is 0 Å². The summed E-state index contributed by atoms with van der Waals surface area (Å²) in [7, 11) is 1.76. The molecule has 0 aromatic carbocycles. The Morgan fingerprint density at radius 3 is 2.80 bits per heavy atom. The Balaban J connectivity index is 0.00000200. The number of hydrogen-bond donors (Lipinski definition) is 2. The number of nitrogens with one attached hydrogen (secondary N) is 1. The van der Waals surface area contributed by atoms with Crippen LogP contribution >= 0.6 is 24.0 Å². The van der Waals surface area contributed by atoms with E-state index in [1.54, 1.807) is 7.11 Å². The summed E-state index contributed by atoms with van der Waals surface area (Å²) in [6.07, 6.45) is 4.06. The van der Waals surface area contributed by atoms with Gasteiger partial charge in [-0.25, -0.2) is 0 Å². The Morgan fingerprint density at radius 2 is 2.25 bits per heavy atom. The van der Waals surface area contributed by atoms with Gasteiger partial charge in [0.25, 0.3) is 0 Å². The third-order valence-electron chi connectivity index (χ3n) is 4.13. The summed E-state index contributed by atoms with van der Waals surface area (Å²) >= 11 is 0. The van der Waals surface area contributed by atoms with Gasteiger partial charge in [0.15, 0.2) is 5.96 Å². The molecule has 0 aromatic rings. The van der Waals surface area contributed by atoms with Crippen molar-refractivity contribution in [1.82, 2.24) is 10.2 Å². The second kappa shape index (κ2) is 8.38. The normalized spacial score (nSPS) is 25.1. The highest BCUT2D eigenvalue weighted by molar-refractivity contribution is 14.0. The summed E-state index contributed by atoms with van der Waals surface area (Å²) < 4.78 is 5.23. The molecule has 2 N–H and O–H groups in total. The zero-order valence-corrected chi connectivity index (χ0v) is 14.9. The van der Waals surface area contributed by atoms with Crippen molar-refractivity contribution in [1.29, 1.82) is 0 Å². The average molecular weight is 397 g/mol. The summed E-state index contributed by atoms with van der Waals surface area (Å²) in [5.74, 6) is 1.54. The number of guanidine groups is 1. The number of halogens is 1. The predicted octanol–water partition coefficient (Wildman–Crippen LogP) is 1.45. The molecule has 5 nitrogen and oxygen atoms in total. The van der Waals surface area contributed by atoms with Crippen LogP contribution in [-0.4, -0.2) is 61.5 Å². The van der Waals surface area contributed by atoms with Crippen LogP contribution in [0.5, 0.6) is 0 Å². The molecule has 0 aromatic heterocycles. The number of likely N-dealkylation sites (tertiary alicyclic amines) is 1. The van der Waals surface area contributed by atoms with Crippen molar-refractivity contribution in [2.24, 2.45) is 10.9 Å². The van der Waals surface area contributed by atoms with Crippen molar-refractivity contribution >= 4 is 29.9 Å². The largest absolute Gasteiger partial charge is 0.388 e. The molecule has 1 heterocycles. The lowest BCUT2D eigenvalue weighted by Crippen LogP contribution is -2.44. The van der Waals surface area contributed by atoms with Crippen molar-refractivity contribution in [3.8, 4) is 0 Å². The number of hydrogen-bond acceptors (Lipinski definition) is 3. The van der Waals surface area contributed by atoms with Gasteiger partial charge in [0.2, 0.25) is 0 Å². The zero-order valence-electron chi connectivity index (χ0n) is 12.6. The summed E-state index contributed by atoms with van der Waals surface area (Å²) in [4.78, 5) is 6.91. The number of methoxy groups -OCH3 is 1. The van der Waals surface area contributed by atoms with Crippen LogP contribution in [0.1, 0.15) is 32.6 Å². The van der Waals surface area contributed by atoms with Gasteiger partial charge in [-0.05, 0) is 32.6 Å². The number of aliphatic imine (C=N–C) groups is 1. The third kappa shape index (κ3) is 4.73. The van der Waals surface area contributed by atoms with Gasteiger partial charge in [-0.3, -0.25) is 4.99 Å². The molecular weight excluding hydrogens is 369 g/mol. The van der Waals surface area contributed by atoms with Gasteiger partial charge in [0, 0.05) is 32.7 Å². The van der Waals surface area contributed by atoms with Crippen molar-refractivity contribution in [2.45, 2.75) is 38.2 Å². The fraction of sp³-hybridized carbons (Fsp3) is 0.929. The van der Waals surface area contributed by atoms with Gasteiger partial charge < -0.3 is 20.1 Å². The first kappa shape index (κ1) is 18.0. The van der Waals surface area contributed by atoms with Gasteiger partial charge in [0.05, 0.1) is 18.8 Å². The fourth-order valence-electron chi connectivity index (χ4n) is 2.79. The molecule has 0 bridgehead atoms. The first-order valence-electron chi connectivity index (χ1n) is 7.41. The average Bonchev–Trinajstić information content (AvgIpc) is 2.81. The molecular formula is C14H28IN3O2. The zero-order chi connectivity index (χ0) is 13.7. The van der Waals surface area contributed by atoms with E-state index in [1.807, 2.05) is 0 Å². The second-order valence-electron chi connectivity index (χ2n) is 5.80. The molecule has 1 atom stereocenters. The van der Waals surface area contributed by atoms with Crippen LogP contribution < -0.4 is 5.32 Å². The molecule has 118 valence electrons. The summed E-state index contributed by atoms with van der Waals surface area (Å²) in [6, 6.07) is 0. The van der Waals surface area contributed by atoms with Crippen LogP contribution in [0.2, 0.25) is 0 Å². The molecule has 6 heteroatoms. The van der Waals surface area contributed by atoms with Crippen molar-refractivity contribution in [3.63, 3.8) is 0 Å². The van der Waals surface area contributed by atoms with E-state index in [0.29, 0.717) is 12.5 Å². The monoisotopic (exact) mass is 397 g/mol. The molecule has 2 rings (SSSR count). The Morgan fingerprint density at radius 1 is 1.50 bits per heavy atom. The summed E-state index contributed by atoms with van der Waals surface area (Å²) in [6.45, 7) is 6.32. The number of aliphatic hydroxyl groups is 1. The Kier molecular flexibility index (Phi) is 7.53. The van der Waals surface area contributed by atoms with Crippen LogP contribution in [-0.2, 0) is 4.74 Å². The molecule has 1 unspecified atom stereocenters. The highest BCUT2D eigenvalue weighted by atomic mass is 127. The second-order valence-corrected chi connectivity index (χ2v) is 5.80. The summed E-state index contributed by atoms with van der Waals surface area (Å²) in [5.41, 5.74) is -0.535. The molecule has 2 aliphatic rings. The number of nitrogens with zero attached hydrogens (tertiary/aromatic N) is 2. The van der Waals surface area contributed by atoms with Gasteiger partial charge >= 0.3 is 0 Å². The van der Waals surface area contributed by atoms with Crippen molar-refractivity contribution < 1.29 is 9.84 Å². The fourth-order valence-corrected chi connectivity index (χ4v) is 2.79. The highest BCUT2D eigenvalue weighted by Gasteiger charge is 2.34. The maximum absolute atomic E-state index is 10.1. The quantitative estimate of drug-likeness (QED) is 0.419. The highest BCUT2D eigenvalue weighted by Crippen LogP contribution is 2.31. The van der Waals surface area contributed by atoms with Crippen LogP contribution in [0, 0.1) is 5.92 Å². The van der Waals surface area contributed by atoms with Crippen molar-refractivity contribution in [2.75, 3.05) is 39.9 Å². The molecule has 20 heavy (non-hydrogen) atoms. The van der Waals surface area contributed by atoms with E-state index in [9.17, 15) is 5.11 Å². The van der Waals surface area contributed by atoms with E-state index in [0.717, 1.165) is 57.9 Å². The van der Waals surface area contributed by atoms with E-state index in [-0.39, 0.29) is 24.0 Å². The van der Waals surface area contributed by atoms with Crippen LogP contribution in [0.15, 0.2) is 4.99 Å². The maximum Gasteiger partial charge on any atom is 0.194 e. The van der Waals surface area contributed by atoms with Crippen LogP contribution in [0.4, 0.5) is 0 Å². The number of rotatable bonds is 5. The third-order valence-corrected chi connectivity index (χ3v) is 4.13. The van der Waals surface area contributed by atoms with E-state index in [2.05, 4.69) is 22.1 Å². The molecule has 0 amide bonds. The predicted molar refractivity (Wildman–Crippen MR) is 91.8 cm³/mol. The van der Waals surface area contributed by atoms with E-state index >= 15 is 0 Å². The first-order valence-corrected chi connectivity index (χ1v) is 7.41. The summed E-state index contributed by atoms with van der Waals surface area (Å²) in [5, 5.41) is 13.5. The Bertz CT molecular complexity index is 322. The molecule has 1 saturated heterocycles. The van der Waals surface area contributed by atoms with Gasteiger partial charge in [-0.15, -0.1) is 24.0 Å². The van der Waals surface area contributed by atoms with Gasteiger partial charge in [-0.1, -0.05) is 0 Å². The van der Waals surface area contributed by atoms with E-state index in [4.69, 9.17) is 4.74 Å². The lowest BCUT2D eigenvalue weighted by atomic mass is 9.80. The van der Waals surface area contributed by atoms with E-state index < -0.39 is 5.60 Å². The number of ether oxygens (including phenoxy) is 1. The first-order chi connectivity index (χ1) is 9.17. The Hall–Kier alpha value is -0.0800. The molecule has 0 spiro atoms. The minimum Gasteiger partial charge on any atom is -0.388 e. The topological polar surface area (TPSA) is 57.1 Å². The molecule has 1 aliphatic carbocycles. The molecule has 0 radical (unpaired) electrons. The smallest absolute Gasteiger partial charge is 0.194 e. The SMILES string of the molecule is CCNC(=NCC1(O)CCC1)N1CCC(COC)C1.I. The van der Waals surface area contributed by atoms with Gasteiger partial charge in [0.1, 0.15) is 0 Å². The molecule has 2 fully saturated rings. The molecule has 1 aliphatic heterocycles. The van der Waals surface area contributed by atoms with Crippen molar-refractivity contribution in [3.05, 3.63) is 0 Å². The van der Waals surface area contributed by atoms with Crippen LogP contribution in [0.3, 0.4) is 0 Å². The Labute approximate surface area is 139 Å². The lowest BCUT2D eigenvalue weighted by molar-refractivity contribution is -0.0237.